The van der Waals surface area contributed by atoms with Crippen LogP contribution >= 0.6 is 0 Å². The fourth-order valence-corrected chi connectivity index (χ4v) is 1.92. The molecule has 0 aliphatic rings. The molecule has 0 fully saturated rings. The van der Waals surface area contributed by atoms with Crippen LogP contribution in [0.15, 0.2) is 43.0 Å². The minimum absolute atomic E-state index is 0.175. The van der Waals surface area contributed by atoms with Gasteiger partial charge in [0.1, 0.15) is 0 Å². The first-order valence-electron chi connectivity index (χ1n) is 6.14. The van der Waals surface area contributed by atoms with Crippen LogP contribution in [0, 0.1) is 6.92 Å². The molecule has 3 rings (SSSR count). The van der Waals surface area contributed by atoms with E-state index < -0.39 is 0 Å². The standard InChI is InChI=1S/C14H13N5O/c1-9-12(6-17-19-9)14(20)18-11-4-2-10(3-5-11)13-7-15-8-16-13/h2-8H,1H3,(H,15,16)(H,17,19)(H,18,20). The summed E-state index contributed by atoms with van der Waals surface area (Å²) in [4.78, 5) is 19.0. The predicted molar refractivity (Wildman–Crippen MR) is 75.3 cm³/mol. The normalized spacial score (nSPS) is 10.4. The highest BCUT2D eigenvalue weighted by Gasteiger charge is 2.10. The monoisotopic (exact) mass is 267 g/mol. The molecule has 0 saturated carbocycles. The summed E-state index contributed by atoms with van der Waals surface area (Å²) in [5.74, 6) is -0.175. The highest BCUT2D eigenvalue weighted by atomic mass is 16.1. The van der Waals surface area contributed by atoms with Gasteiger partial charge in [-0.15, -0.1) is 0 Å². The van der Waals surface area contributed by atoms with E-state index in [1.165, 1.54) is 6.20 Å². The van der Waals surface area contributed by atoms with E-state index in [1.807, 2.05) is 31.2 Å². The largest absolute Gasteiger partial charge is 0.345 e. The lowest BCUT2D eigenvalue weighted by Gasteiger charge is -2.05. The van der Waals surface area contributed by atoms with Gasteiger partial charge in [0, 0.05) is 11.4 Å². The van der Waals surface area contributed by atoms with Crippen molar-refractivity contribution in [3.63, 3.8) is 0 Å². The number of amides is 1. The lowest BCUT2D eigenvalue weighted by atomic mass is 10.1. The Kier molecular flexibility index (Phi) is 3.04. The first kappa shape index (κ1) is 12.2. The van der Waals surface area contributed by atoms with Gasteiger partial charge in [-0.2, -0.15) is 5.10 Å². The van der Waals surface area contributed by atoms with Crippen LogP contribution in [0.1, 0.15) is 16.1 Å². The molecule has 0 bridgehead atoms. The van der Waals surface area contributed by atoms with E-state index in [9.17, 15) is 4.79 Å². The lowest BCUT2D eigenvalue weighted by Crippen LogP contribution is -2.12. The Labute approximate surface area is 115 Å². The summed E-state index contributed by atoms with van der Waals surface area (Å²) >= 11 is 0. The molecular formula is C14H13N5O. The Hall–Kier alpha value is -2.89. The predicted octanol–water partition coefficient (Wildman–Crippen LogP) is 2.36. The van der Waals surface area contributed by atoms with Crippen molar-refractivity contribution in [2.24, 2.45) is 0 Å². The van der Waals surface area contributed by atoms with Gasteiger partial charge in [0.05, 0.1) is 30.0 Å². The minimum atomic E-state index is -0.175. The zero-order valence-corrected chi connectivity index (χ0v) is 10.8. The van der Waals surface area contributed by atoms with Crippen LogP contribution in [0.2, 0.25) is 0 Å². The van der Waals surface area contributed by atoms with E-state index in [-0.39, 0.29) is 5.91 Å². The summed E-state index contributed by atoms with van der Waals surface area (Å²) in [6.07, 6.45) is 4.90. The average Bonchev–Trinajstić information content (AvgIpc) is 3.10. The molecule has 100 valence electrons. The van der Waals surface area contributed by atoms with E-state index in [0.717, 1.165) is 22.6 Å². The second-order valence-corrected chi connectivity index (χ2v) is 4.41. The number of hydrogen-bond donors (Lipinski definition) is 3. The van der Waals surface area contributed by atoms with Crippen LogP contribution < -0.4 is 5.32 Å². The van der Waals surface area contributed by atoms with E-state index in [2.05, 4.69) is 25.5 Å². The van der Waals surface area contributed by atoms with Crippen molar-refractivity contribution in [2.75, 3.05) is 5.32 Å². The van der Waals surface area contributed by atoms with Gasteiger partial charge in [-0.05, 0) is 24.6 Å². The summed E-state index contributed by atoms with van der Waals surface area (Å²) in [6, 6.07) is 7.55. The van der Waals surface area contributed by atoms with E-state index >= 15 is 0 Å². The smallest absolute Gasteiger partial charge is 0.259 e. The molecule has 1 aromatic carbocycles. The molecule has 0 unspecified atom stereocenters. The third kappa shape index (κ3) is 2.31. The maximum atomic E-state index is 12.0. The molecule has 6 nitrogen and oxygen atoms in total. The van der Waals surface area contributed by atoms with E-state index in [0.29, 0.717) is 5.56 Å². The zero-order chi connectivity index (χ0) is 13.9. The molecule has 20 heavy (non-hydrogen) atoms. The van der Waals surface area contributed by atoms with Crippen molar-refractivity contribution >= 4 is 11.6 Å². The highest BCUT2D eigenvalue weighted by molar-refractivity contribution is 6.04. The van der Waals surface area contributed by atoms with Crippen molar-refractivity contribution in [3.05, 3.63) is 54.2 Å². The second kappa shape index (κ2) is 5.00. The van der Waals surface area contributed by atoms with Crippen LogP contribution in [0.5, 0.6) is 0 Å². The number of hydrogen-bond acceptors (Lipinski definition) is 3. The van der Waals surface area contributed by atoms with Crippen molar-refractivity contribution in [1.82, 2.24) is 20.2 Å². The summed E-state index contributed by atoms with van der Waals surface area (Å²) in [5, 5.41) is 9.41. The van der Waals surface area contributed by atoms with Crippen molar-refractivity contribution in [2.45, 2.75) is 6.92 Å². The first-order valence-corrected chi connectivity index (χ1v) is 6.14. The van der Waals surface area contributed by atoms with Gasteiger partial charge >= 0.3 is 0 Å². The summed E-state index contributed by atoms with van der Waals surface area (Å²) < 4.78 is 0. The summed E-state index contributed by atoms with van der Waals surface area (Å²) in [5.41, 5.74) is 3.98. The van der Waals surface area contributed by atoms with Crippen LogP contribution in [0.3, 0.4) is 0 Å². The number of aromatic amines is 2. The van der Waals surface area contributed by atoms with Gasteiger partial charge in [-0.25, -0.2) is 4.98 Å². The second-order valence-electron chi connectivity index (χ2n) is 4.41. The molecule has 0 atom stereocenters. The third-order valence-corrected chi connectivity index (χ3v) is 3.03. The molecule has 0 radical (unpaired) electrons. The quantitative estimate of drug-likeness (QED) is 0.680. The molecular weight excluding hydrogens is 254 g/mol. The molecule has 6 heteroatoms. The Bertz CT molecular complexity index is 712. The van der Waals surface area contributed by atoms with Gasteiger partial charge in [0.25, 0.3) is 5.91 Å². The summed E-state index contributed by atoms with van der Waals surface area (Å²) in [6.45, 7) is 1.81. The molecule has 0 aliphatic heterocycles. The van der Waals surface area contributed by atoms with E-state index in [4.69, 9.17) is 0 Å². The average molecular weight is 267 g/mol. The molecule has 1 amide bonds. The van der Waals surface area contributed by atoms with Crippen LogP contribution in [-0.4, -0.2) is 26.1 Å². The fraction of sp³-hybridized carbons (Fsp3) is 0.0714. The van der Waals surface area contributed by atoms with Crippen LogP contribution in [0.4, 0.5) is 5.69 Å². The van der Waals surface area contributed by atoms with Gasteiger partial charge in [-0.3, -0.25) is 9.89 Å². The first-order chi connectivity index (χ1) is 9.74. The van der Waals surface area contributed by atoms with Gasteiger partial charge in [-0.1, -0.05) is 12.1 Å². The number of aryl methyl sites for hydroxylation is 1. The number of nitrogens with zero attached hydrogens (tertiary/aromatic N) is 2. The number of nitrogens with one attached hydrogen (secondary N) is 3. The molecule has 2 heterocycles. The van der Waals surface area contributed by atoms with Gasteiger partial charge in [0.2, 0.25) is 0 Å². The van der Waals surface area contributed by atoms with Crippen LogP contribution in [0.25, 0.3) is 11.3 Å². The zero-order valence-electron chi connectivity index (χ0n) is 10.8. The Morgan fingerprint density at radius 2 is 2.00 bits per heavy atom. The fourth-order valence-electron chi connectivity index (χ4n) is 1.92. The van der Waals surface area contributed by atoms with Crippen LogP contribution in [-0.2, 0) is 0 Å². The molecule has 3 N–H and O–H groups in total. The topological polar surface area (TPSA) is 86.5 Å². The molecule has 3 aromatic rings. The lowest BCUT2D eigenvalue weighted by molar-refractivity contribution is 0.102. The molecule has 0 saturated heterocycles. The number of benzene rings is 1. The number of imidazole rings is 1. The Morgan fingerprint density at radius 3 is 2.60 bits per heavy atom. The summed E-state index contributed by atoms with van der Waals surface area (Å²) in [7, 11) is 0. The molecule has 0 aliphatic carbocycles. The SMILES string of the molecule is Cc1[nH]ncc1C(=O)Nc1ccc(-c2cnc[nH]2)cc1. The number of anilines is 1. The maximum Gasteiger partial charge on any atom is 0.259 e. The molecule has 2 aromatic heterocycles. The number of rotatable bonds is 3. The number of aromatic nitrogens is 4. The van der Waals surface area contributed by atoms with Crippen molar-refractivity contribution in [1.29, 1.82) is 0 Å². The maximum absolute atomic E-state index is 12.0. The number of H-pyrrole nitrogens is 2. The number of carbonyl (C=O) groups is 1. The van der Waals surface area contributed by atoms with E-state index in [1.54, 1.807) is 12.5 Å². The highest BCUT2D eigenvalue weighted by Crippen LogP contribution is 2.19. The Morgan fingerprint density at radius 1 is 1.20 bits per heavy atom. The Balaban J connectivity index is 1.76. The minimum Gasteiger partial charge on any atom is -0.345 e. The van der Waals surface area contributed by atoms with Gasteiger partial charge in [0.15, 0.2) is 0 Å². The third-order valence-electron chi connectivity index (χ3n) is 3.03. The van der Waals surface area contributed by atoms with Gasteiger partial charge < -0.3 is 10.3 Å². The number of carbonyl (C=O) groups excluding carboxylic acids is 1. The van der Waals surface area contributed by atoms with Crippen molar-refractivity contribution in [3.8, 4) is 11.3 Å². The molecule has 0 spiro atoms. The van der Waals surface area contributed by atoms with Crippen molar-refractivity contribution < 1.29 is 4.79 Å².